The van der Waals surface area contributed by atoms with Crippen LogP contribution in [-0.4, -0.2) is 5.91 Å². The number of amides is 1. The van der Waals surface area contributed by atoms with E-state index in [1.165, 1.54) is 16.7 Å². The number of hydrogen-bond acceptors (Lipinski definition) is 1. The topological polar surface area (TPSA) is 29.1 Å². The van der Waals surface area contributed by atoms with Crippen molar-refractivity contribution in [1.82, 2.24) is 0 Å². The van der Waals surface area contributed by atoms with Crippen LogP contribution in [0.5, 0.6) is 0 Å². The van der Waals surface area contributed by atoms with Crippen LogP contribution < -0.4 is 5.32 Å². The minimum Gasteiger partial charge on any atom is -0.325 e. The molecule has 1 unspecified atom stereocenters. The number of benzene rings is 3. The van der Waals surface area contributed by atoms with Gasteiger partial charge in [-0.15, -0.1) is 0 Å². The van der Waals surface area contributed by atoms with E-state index in [9.17, 15) is 4.79 Å². The van der Waals surface area contributed by atoms with Gasteiger partial charge in [0.05, 0.1) is 5.69 Å². The summed E-state index contributed by atoms with van der Waals surface area (Å²) < 4.78 is 1.07. The maximum Gasteiger partial charge on any atom is 0.225 e. The Labute approximate surface area is 150 Å². The lowest BCUT2D eigenvalue weighted by atomic mass is 9.83. The summed E-state index contributed by atoms with van der Waals surface area (Å²) in [5.41, 5.74) is 4.66. The Balaban J connectivity index is 1.91. The number of aryl methyl sites for hydroxylation is 1. The molecule has 0 radical (unpaired) electrons. The lowest BCUT2D eigenvalue weighted by molar-refractivity contribution is -0.116. The standard InChI is InChI=1S/C21H18BrNO/c1-2-13-7-9-14(10-8-13)17-12-20(24)23-21-16-6-4-3-5-15(16)19(22)11-18(17)21/h3-11,17H,2,12H2,1H3,(H,23,24). The van der Waals surface area contributed by atoms with Crippen molar-refractivity contribution < 1.29 is 4.79 Å². The molecule has 2 nitrogen and oxygen atoms in total. The van der Waals surface area contributed by atoms with E-state index in [2.05, 4.69) is 70.6 Å². The molecular formula is C21H18BrNO. The van der Waals surface area contributed by atoms with Crippen molar-refractivity contribution in [2.75, 3.05) is 5.32 Å². The van der Waals surface area contributed by atoms with Gasteiger partial charge in [0.2, 0.25) is 5.91 Å². The Morgan fingerprint density at radius 2 is 1.79 bits per heavy atom. The summed E-state index contributed by atoms with van der Waals surface area (Å²) in [6.07, 6.45) is 1.52. The average Bonchev–Trinajstić information content (AvgIpc) is 2.62. The largest absolute Gasteiger partial charge is 0.325 e. The zero-order chi connectivity index (χ0) is 16.7. The molecule has 1 aliphatic heterocycles. The molecule has 1 N–H and O–H groups in total. The Bertz CT molecular complexity index is 930. The molecule has 0 fully saturated rings. The van der Waals surface area contributed by atoms with E-state index in [-0.39, 0.29) is 11.8 Å². The van der Waals surface area contributed by atoms with Crippen LogP contribution in [0.2, 0.25) is 0 Å². The van der Waals surface area contributed by atoms with Crippen LogP contribution in [0.25, 0.3) is 10.8 Å². The van der Waals surface area contributed by atoms with Gasteiger partial charge in [-0.3, -0.25) is 4.79 Å². The lowest BCUT2D eigenvalue weighted by Crippen LogP contribution is -2.23. The molecule has 0 aliphatic carbocycles. The van der Waals surface area contributed by atoms with Gasteiger partial charge in [0, 0.05) is 22.2 Å². The Morgan fingerprint density at radius 1 is 1.08 bits per heavy atom. The zero-order valence-electron chi connectivity index (χ0n) is 13.5. The van der Waals surface area contributed by atoms with E-state index in [1.807, 2.05) is 12.1 Å². The fraction of sp³-hybridized carbons (Fsp3) is 0.190. The molecule has 0 saturated heterocycles. The van der Waals surface area contributed by atoms with Crippen LogP contribution >= 0.6 is 15.9 Å². The average molecular weight is 380 g/mol. The van der Waals surface area contributed by atoms with Crippen molar-refractivity contribution in [1.29, 1.82) is 0 Å². The van der Waals surface area contributed by atoms with Crippen molar-refractivity contribution in [2.45, 2.75) is 25.7 Å². The second kappa shape index (κ2) is 6.06. The number of carbonyl (C=O) groups excluding carboxylic acids is 1. The molecule has 0 saturated carbocycles. The van der Waals surface area contributed by atoms with Gasteiger partial charge >= 0.3 is 0 Å². The summed E-state index contributed by atoms with van der Waals surface area (Å²) in [6, 6.07) is 19.0. The summed E-state index contributed by atoms with van der Waals surface area (Å²) in [5.74, 6) is 0.181. The predicted octanol–water partition coefficient (Wildman–Crippen LogP) is 5.64. The minimum absolute atomic E-state index is 0.0829. The first kappa shape index (κ1) is 15.4. The number of nitrogens with one attached hydrogen (secondary N) is 1. The molecular weight excluding hydrogens is 362 g/mol. The molecule has 0 aromatic heterocycles. The molecule has 1 heterocycles. The van der Waals surface area contributed by atoms with Crippen molar-refractivity contribution in [3.8, 4) is 0 Å². The smallest absolute Gasteiger partial charge is 0.225 e. The van der Waals surface area contributed by atoms with E-state index in [0.29, 0.717) is 6.42 Å². The molecule has 24 heavy (non-hydrogen) atoms. The maximum atomic E-state index is 12.3. The minimum atomic E-state index is 0.0829. The van der Waals surface area contributed by atoms with Crippen LogP contribution in [0.1, 0.15) is 36.0 Å². The number of hydrogen-bond donors (Lipinski definition) is 1. The molecule has 0 spiro atoms. The first-order valence-corrected chi connectivity index (χ1v) is 9.06. The second-order valence-electron chi connectivity index (χ2n) is 6.27. The van der Waals surface area contributed by atoms with E-state index in [4.69, 9.17) is 0 Å². The molecule has 3 aromatic rings. The Morgan fingerprint density at radius 3 is 2.50 bits per heavy atom. The molecule has 4 rings (SSSR count). The zero-order valence-corrected chi connectivity index (χ0v) is 15.1. The summed E-state index contributed by atoms with van der Waals surface area (Å²) in [4.78, 5) is 12.3. The van der Waals surface area contributed by atoms with Crippen LogP contribution in [0.3, 0.4) is 0 Å². The Kier molecular flexibility index (Phi) is 3.89. The number of halogens is 1. The Hall–Kier alpha value is -2.13. The van der Waals surface area contributed by atoms with Crippen LogP contribution in [0.15, 0.2) is 59.1 Å². The van der Waals surface area contributed by atoms with Crippen molar-refractivity contribution in [3.05, 3.63) is 75.8 Å². The van der Waals surface area contributed by atoms with Crippen LogP contribution in [-0.2, 0) is 11.2 Å². The van der Waals surface area contributed by atoms with Crippen molar-refractivity contribution in [2.24, 2.45) is 0 Å². The quantitative estimate of drug-likeness (QED) is 0.613. The number of rotatable bonds is 2. The predicted molar refractivity (Wildman–Crippen MR) is 103 cm³/mol. The third kappa shape index (κ3) is 2.53. The highest BCUT2D eigenvalue weighted by Gasteiger charge is 2.28. The van der Waals surface area contributed by atoms with Crippen molar-refractivity contribution in [3.63, 3.8) is 0 Å². The normalized spacial score (nSPS) is 16.8. The highest BCUT2D eigenvalue weighted by molar-refractivity contribution is 9.10. The molecule has 1 amide bonds. The van der Waals surface area contributed by atoms with Gasteiger partial charge in [0.15, 0.2) is 0 Å². The van der Waals surface area contributed by atoms with E-state index < -0.39 is 0 Å². The van der Waals surface area contributed by atoms with E-state index in [1.54, 1.807) is 0 Å². The highest BCUT2D eigenvalue weighted by atomic mass is 79.9. The highest BCUT2D eigenvalue weighted by Crippen LogP contribution is 2.43. The third-order valence-electron chi connectivity index (χ3n) is 4.84. The summed E-state index contributed by atoms with van der Waals surface area (Å²) in [5, 5.41) is 5.30. The molecule has 3 heteroatoms. The molecule has 1 aliphatic rings. The van der Waals surface area contributed by atoms with Gasteiger partial charge in [-0.05, 0) is 34.6 Å². The SMILES string of the molecule is CCc1ccc(C2CC(=O)Nc3c2cc(Br)c2ccccc32)cc1. The summed E-state index contributed by atoms with van der Waals surface area (Å²) >= 11 is 3.70. The molecule has 1 atom stereocenters. The van der Waals surface area contributed by atoms with Gasteiger partial charge in [0.25, 0.3) is 0 Å². The van der Waals surface area contributed by atoms with Gasteiger partial charge < -0.3 is 5.32 Å². The molecule has 120 valence electrons. The monoisotopic (exact) mass is 379 g/mol. The fourth-order valence-corrected chi connectivity index (χ4v) is 4.13. The van der Waals surface area contributed by atoms with Gasteiger partial charge in [-0.1, -0.05) is 71.4 Å². The fourth-order valence-electron chi connectivity index (χ4n) is 3.53. The van der Waals surface area contributed by atoms with Gasteiger partial charge in [-0.25, -0.2) is 0 Å². The van der Waals surface area contributed by atoms with E-state index in [0.717, 1.165) is 27.4 Å². The first-order valence-electron chi connectivity index (χ1n) is 8.27. The number of anilines is 1. The third-order valence-corrected chi connectivity index (χ3v) is 5.50. The van der Waals surface area contributed by atoms with Crippen LogP contribution in [0, 0.1) is 0 Å². The number of fused-ring (bicyclic) bond motifs is 3. The van der Waals surface area contributed by atoms with E-state index >= 15 is 0 Å². The number of carbonyl (C=O) groups is 1. The summed E-state index contributed by atoms with van der Waals surface area (Å²) in [7, 11) is 0. The van der Waals surface area contributed by atoms with Crippen LogP contribution in [0.4, 0.5) is 5.69 Å². The molecule has 3 aromatic carbocycles. The summed E-state index contributed by atoms with van der Waals surface area (Å²) in [6.45, 7) is 2.15. The molecule has 0 bridgehead atoms. The second-order valence-corrected chi connectivity index (χ2v) is 7.12. The van der Waals surface area contributed by atoms with Gasteiger partial charge in [-0.2, -0.15) is 0 Å². The lowest BCUT2D eigenvalue weighted by Gasteiger charge is -2.28. The maximum absolute atomic E-state index is 12.3. The van der Waals surface area contributed by atoms with Crippen molar-refractivity contribution >= 4 is 38.3 Å². The first-order chi connectivity index (χ1) is 11.7. The van der Waals surface area contributed by atoms with Gasteiger partial charge in [0.1, 0.15) is 0 Å².